The average Bonchev–Trinajstić information content (AvgIpc) is 2.65. The number of hydrogen-bond acceptors (Lipinski definition) is 5. The molecule has 0 saturated heterocycles. The molecular weight excluding hydrogens is 356 g/mol. The maximum atomic E-state index is 13.1. The summed E-state index contributed by atoms with van der Waals surface area (Å²) in [6.45, 7) is -0.647. The van der Waals surface area contributed by atoms with Gasteiger partial charge in [0.05, 0.1) is 34.0 Å². The highest BCUT2D eigenvalue weighted by Gasteiger charge is 2.28. The van der Waals surface area contributed by atoms with Gasteiger partial charge >= 0.3 is 0 Å². The SMILES string of the molecule is O=[N+]([O-])c1cccc2cccc(N(CCO)S(=O)(=O)c3ccccc3)c12. The van der Waals surface area contributed by atoms with Gasteiger partial charge in [-0.2, -0.15) is 0 Å². The van der Waals surface area contributed by atoms with E-state index in [0.717, 1.165) is 4.31 Å². The van der Waals surface area contributed by atoms with E-state index in [9.17, 15) is 23.6 Å². The van der Waals surface area contributed by atoms with Crippen molar-refractivity contribution < 1.29 is 18.4 Å². The molecule has 0 atom stereocenters. The van der Waals surface area contributed by atoms with Gasteiger partial charge in [0.1, 0.15) is 0 Å². The molecule has 26 heavy (non-hydrogen) atoms. The van der Waals surface area contributed by atoms with Crippen molar-refractivity contribution in [2.24, 2.45) is 0 Å². The number of aliphatic hydroxyl groups excluding tert-OH is 1. The number of benzene rings is 3. The Balaban J connectivity index is 2.29. The lowest BCUT2D eigenvalue weighted by molar-refractivity contribution is -0.383. The molecule has 0 aliphatic carbocycles. The molecule has 3 aromatic carbocycles. The van der Waals surface area contributed by atoms with E-state index >= 15 is 0 Å². The molecule has 134 valence electrons. The van der Waals surface area contributed by atoms with Gasteiger partial charge in [-0.15, -0.1) is 0 Å². The van der Waals surface area contributed by atoms with E-state index in [-0.39, 0.29) is 28.2 Å². The molecule has 0 amide bonds. The summed E-state index contributed by atoms with van der Waals surface area (Å²) in [5.74, 6) is 0. The van der Waals surface area contributed by atoms with Crippen LogP contribution in [0.25, 0.3) is 10.8 Å². The molecule has 7 nitrogen and oxygen atoms in total. The zero-order valence-electron chi connectivity index (χ0n) is 13.6. The van der Waals surface area contributed by atoms with Crippen LogP contribution in [-0.2, 0) is 10.0 Å². The summed E-state index contributed by atoms with van der Waals surface area (Å²) in [6.07, 6.45) is 0. The first-order chi connectivity index (χ1) is 12.5. The molecule has 0 aliphatic heterocycles. The lowest BCUT2D eigenvalue weighted by Crippen LogP contribution is -2.33. The number of aliphatic hydroxyl groups is 1. The fourth-order valence-corrected chi connectivity index (χ4v) is 4.33. The standard InChI is InChI=1S/C18H16N2O5S/c21-13-12-19(26(24,25)15-8-2-1-3-9-15)16-10-4-6-14-7-5-11-17(18(14)16)20(22)23/h1-11,21H,12-13H2. The smallest absolute Gasteiger partial charge is 0.279 e. The van der Waals surface area contributed by atoms with Gasteiger partial charge in [0.2, 0.25) is 0 Å². The summed E-state index contributed by atoms with van der Waals surface area (Å²) in [7, 11) is -4.00. The molecule has 0 bridgehead atoms. The predicted octanol–water partition coefficient (Wildman–Crippen LogP) is 2.94. The molecule has 0 saturated carbocycles. The highest BCUT2D eigenvalue weighted by atomic mass is 32.2. The van der Waals surface area contributed by atoms with Crippen LogP contribution in [-0.4, -0.2) is 31.6 Å². The van der Waals surface area contributed by atoms with Crippen LogP contribution in [0.5, 0.6) is 0 Å². The minimum atomic E-state index is -4.00. The molecule has 0 heterocycles. The third-order valence-electron chi connectivity index (χ3n) is 3.96. The van der Waals surface area contributed by atoms with Crippen LogP contribution < -0.4 is 4.31 Å². The number of fused-ring (bicyclic) bond motifs is 1. The molecule has 0 unspecified atom stereocenters. The topological polar surface area (TPSA) is 101 Å². The highest BCUT2D eigenvalue weighted by molar-refractivity contribution is 7.92. The lowest BCUT2D eigenvalue weighted by atomic mass is 10.1. The van der Waals surface area contributed by atoms with Crippen LogP contribution in [0.4, 0.5) is 11.4 Å². The van der Waals surface area contributed by atoms with Crippen molar-refractivity contribution in [3.05, 3.63) is 76.8 Å². The first-order valence-corrected chi connectivity index (χ1v) is 9.25. The molecule has 0 aliphatic rings. The van der Waals surface area contributed by atoms with Crippen molar-refractivity contribution in [2.45, 2.75) is 4.90 Å². The average molecular weight is 372 g/mol. The van der Waals surface area contributed by atoms with Gasteiger partial charge in [-0.25, -0.2) is 8.42 Å². The molecular formula is C18H16N2O5S. The van der Waals surface area contributed by atoms with Crippen molar-refractivity contribution in [3.63, 3.8) is 0 Å². The minimum Gasteiger partial charge on any atom is -0.394 e. The van der Waals surface area contributed by atoms with Crippen molar-refractivity contribution >= 4 is 32.2 Å². The van der Waals surface area contributed by atoms with Crippen LogP contribution in [0.1, 0.15) is 0 Å². The first-order valence-electron chi connectivity index (χ1n) is 7.81. The largest absolute Gasteiger partial charge is 0.394 e. The Hall–Kier alpha value is -2.97. The Morgan fingerprint density at radius 2 is 1.62 bits per heavy atom. The number of nitrogens with zero attached hydrogens (tertiary/aromatic N) is 2. The van der Waals surface area contributed by atoms with E-state index in [4.69, 9.17) is 0 Å². The molecule has 3 aromatic rings. The van der Waals surface area contributed by atoms with Crippen molar-refractivity contribution in [3.8, 4) is 0 Å². The van der Waals surface area contributed by atoms with E-state index in [2.05, 4.69) is 0 Å². The minimum absolute atomic E-state index is 0.0454. The van der Waals surface area contributed by atoms with E-state index < -0.39 is 21.6 Å². The van der Waals surface area contributed by atoms with Gasteiger partial charge < -0.3 is 5.11 Å². The number of anilines is 1. The Bertz CT molecular complexity index is 1050. The fraction of sp³-hybridized carbons (Fsp3) is 0.111. The van der Waals surface area contributed by atoms with Gasteiger partial charge in [0, 0.05) is 6.07 Å². The van der Waals surface area contributed by atoms with Gasteiger partial charge in [0.15, 0.2) is 0 Å². The summed E-state index contributed by atoms with van der Waals surface area (Å²) in [4.78, 5) is 11.0. The number of non-ortho nitro benzene ring substituents is 1. The van der Waals surface area contributed by atoms with Crippen molar-refractivity contribution in [2.75, 3.05) is 17.5 Å². The van der Waals surface area contributed by atoms with E-state index in [1.165, 1.54) is 24.3 Å². The molecule has 0 radical (unpaired) electrons. The molecule has 0 fully saturated rings. The third kappa shape index (κ3) is 3.12. The second kappa shape index (κ2) is 7.11. The van der Waals surface area contributed by atoms with Crippen LogP contribution in [0.15, 0.2) is 71.6 Å². The third-order valence-corrected chi connectivity index (χ3v) is 5.79. The van der Waals surface area contributed by atoms with Crippen LogP contribution in [0, 0.1) is 10.1 Å². The van der Waals surface area contributed by atoms with E-state index in [0.29, 0.717) is 5.39 Å². The summed E-state index contributed by atoms with van der Waals surface area (Å²) in [5.41, 5.74) is -0.0306. The van der Waals surface area contributed by atoms with Crippen molar-refractivity contribution in [1.82, 2.24) is 0 Å². The van der Waals surface area contributed by atoms with Crippen LogP contribution in [0.2, 0.25) is 0 Å². The Kier molecular flexibility index (Phi) is 4.88. The second-order valence-corrected chi connectivity index (χ2v) is 7.39. The first kappa shape index (κ1) is 17.8. The number of nitro groups is 1. The van der Waals surface area contributed by atoms with Crippen LogP contribution >= 0.6 is 0 Å². The quantitative estimate of drug-likeness (QED) is 0.530. The summed E-state index contributed by atoms with van der Waals surface area (Å²) >= 11 is 0. The van der Waals surface area contributed by atoms with Crippen LogP contribution in [0.3, 0.4) is 0 Å². The van der Waals surface area contributed by atoms with Gasteiger partial charge in [-0.3, -0.25) is 14.4 Å². The summed E-state index contributed by atoms with van der Waals surface area (Å²) < 4.78 is 27.2. The monoisotopic (exact) mass is 372 g/mol. The molecule has 1 N–H and O–H groups in total. The molecule has 0 spiro atoms. The number of sulfonamides is 1. The zero-order valence-corrected chi connectivity index (χ0v) is 14.5. The fourth-order valence-electron chi connectivity index (χ4n) is 2.84. The molecule has 0 aromatic heterocycles. The highest BCUT2D eigenvalue weighted by Crippen LogP contribution is 2.36. The summed E-state index contributed by atoms with van der Waals surface area (Å²) in [6, 6.07) is 17.1. The summed E-state index contributed by atoms with van der Waals surface area (Å²) in [5, 5.41) is 21.6. The van der Waals surface area contributed by atoms with Gasteiger partial charge in [-0.05, 0) is 23.6 Å². The van der Waals surface area contributed by atoms with E-state index in [1.807, 2.05) is 0 Å². The molecule has 8 heteroatoms. The lowest BCUT2D eigenvalue weighted by Gasteiger charge is -2.25. The maximum Gasteiger partial charge on any atom is 0.279 e. The Labute approximate surface area is 150 Å². The Morgan fingerprint density at radius 3 is 2.23 bits per heavy atom. The zero-order chi connectivity index (χ0) is 18.7. The van der Waals surface area contributed by atoms with Gasteiger partial charge in [0.25, 0.3) is 15.7 Å². The molecule has 3 rings (SSSR count). The van der Waals surface area contributed by atoms with Gasteiger partial charge in [-0.1, -0.05) is 42.5 Å². The number of nitro benzene ring substituents is 1. The normalized spacial score (nSPS) is 11.4. The Morgan fingerprint density at radius 1 is 0.962 bits per heavy atom. The van der Waals surface area contributed by atoms with Crippen molar-refractivity contribution in [1.29, 1.82) is 0 Å². The predicted molar refractivity (Wildman–Crippen MR) is 98.7 cm³/mol. The maximum absolute atomic E-state index is 13.1. The second-order valence-electron chi connectivity index (χ2n) is 5.52. The van der Waals surface area contributed by atoms with E-state index in [1.54, 1.807) is 42.5 Å². The number of hydrogen-bond donors (Lipinski definition) is 1. The number of rotatable bonds is 6.